The molecule has 20 heavy (non-hydrogen) atoms. The molecule has 1 heterocycles. The lowest BCUT2D eigenvalue weighted by molar-refractivity contribution is -0.121. The largest absolute Gasteiger partial charge is 0.496 e. The molecule has 1 amide bonds. The lowest BCUT2D eigenvalue weighted by Crippen LogP contribution is -2.40. The van der Waals surface area contributed by atoms with E-state index in [9.17, 15) is 9.00 Å². The third-order valence-corrected chi connectivity index (χ3v) is 4.96. The van der Waals surface area contributed by atoms with Crippen molar-refractivity contribution in [2.24, 2.45) is 0 Å². The van der Waals surface area contributed by atoms with Crippen LogP contribution in [0.15, 0.2) is 18.2 Å². The minimum atomic E-state index is -0.711. The monoisotopic (exact) mass is 315 g/mol. The molecule has 0 bridgehead atoms. The van der Waals surface area contributed by atoms with Crippen LogP contribution in [0.1, 0.15) is 18.4 Å². The summed E-state index contributed by atoms with van der Waals surface area (Å²) in [7, 11) is 0.860. The highest BCUT2D eigenvalue weighted by molar-refractivity contribution is 7.85. The average molecular weight is 316 g/mol. The molecule has 2 rings (SSSR count). The number of rotatable bonds is 4. The molecule has 1 aromatic rings. The molecule has 0 radical (unpaired) electrons. The topological polar surface area (TPSA) is 55.4 Å². The van der Waals surface area contributed by atoms with Gasteiger partial charge in [-0.3, -0.25) is 9.00 Å². The van der Waals surface area contributed by atoms with E-state index in [4.69, 9.17) is 16.3 Å². The average Bonchev–Trinajstić information content (AvgIpc) is 2.41. The van der Waals surface area contributed by atoms with Crippen molar-refractivity contribution in [3.63, 3.8) is 0 Å². The number of hydrogen-bond donors (Lipinski definition) is 1. The molecular weight excluding hydrogens is 298 g/mol. The molecule has 0 aromatic heterocycles. The SMILES string of the molecule is COc1ccc(Cl)cc1CC(=O)NC1CCS(=O)CC1. The standard InChI is InChI=1S/C14H18ClNO3S/c1-19-13-3-2-11(15)8-10(13)9-14(17)16-12-4-6-20(18)7-5-12/h2-3,8,12H,4-7,9H2,1H3,(H,16,17). The number of carbonyl (C=O) groups excluding carboxylic acids is 1. The maximum Gasteiger partial charge on any atom is 0.224 e. The van der Waals surface area contributed by atoms with Crippen LogP contribution in [-0.2, 0) is 22.0 Å². The Labute approximate surface area is 126 Å². The summed E-state index contributed by atoms with van der Waals surface area (Å²) in [5, 5.41) is 3.57. The van der Waals surface area contributed by atoms with E-state index in [1.807, 2.05) is 0 Å². The van der Waals surface area contributed by atoms with Crippen LogP contribution in [-0.4, -0.2) is 34.8 Å². The molecule has 1 saturated heterocycles. The Hall–Kier alpha value is -1.07. The molecule has 1 aliphatic heterocycles. The van der Waals surface area contributed by atoms with Crippen molar-refractivity contribution in [3.8, 4) is 5.75 Å². The van der Waals surface area contributed by atoms with Gasteiger partial charge < -0.3 is 10.1 Å². The molecule has 4 nitrogen and oxygen atoms in total. The van der Waals surface area contributed by atoms with Crippen molar-refractivity contribution in [1.82, 2.24) is 5.32 Å². The van der Waals surface area contributed by atoms with E-state index in [2.05, 4.69) is 5.32 Å². The van der Waals surface area contributed by atoms with E-state index in [0.29, 0.717) is 22.3 Å². The van der Waals surface area contributed by atoms with Crippen LogP contribution in [0, 0.1) is 0 Å². The van der Waals surface area contributed by atoms with Crippen molar-refractivity contribution in [2.75, 3.05) is 18.6 Å². The van der Waals surface area contributed by atoms with Crippen molar-refractivity contribution in [1.29, 1.82) is 0 Å². The molecule has 1 aromatic carbocycles. The van der Waals surface area contributed by atoms with Gasteiger partial charge in [-0.05, 0) is 31.0 Å². The quantitative estimate of drug-likeness (QED) is 0.923. The van der Waals surface area contributed by atoms with Crippen LogP contribution >= 0.6 is 11.6 Å². The number of nitrogens with one attached hydrogen (secondary N) is 1. The maximum absolute atomic E-state index is 12.1. The molecule has 1 N–H and O–H groups in total. The van der Waals surface area contributed by atoms with Crippen LogP contribution in [0.4, 0.5) is 0 Å². The third-order valence-electron chi connectivity index (χ3n) is 3.35. The minimum Gasteiger partial charge on any atom is -0.496 e. The third kappa shape index (κ3) is 4.21. The Morgan fingerprint density at radius 3 is 2.80 bits per heavy atom. The summed E-state index contributed by atoms with van der Waals surface area (Å²) in [4.78, 5) is 12.1. The highest BCUT2D eigenvalue weighted by atomic mass is 35.5. The number of carbonyl (C=O) groups is 1. The number of ether oxygens (including phenoxy) is 1. The van der Waals surface area contributed by atoms with Gasteiger partial charge in [-0.25, -0.2) is 0 Å². The van der Waals surface area contributed by atoms with Gasteiger partial charge in [0.25, 0.3) is 0 Å². The van der Waals surface area contributed by atoms with Gasteiger partial charge in [-0.2, -0.15) is 0 Å². The number of halogens is 1. The summed E-state index contributed by atoms with van der Waals surface area (Å²) < 4.78 is 16.5. The van der Waals surface area contributed by atoms with Gasteiger partial charge in [0, 0.05) is 38.9 Å². The van der Waals surface area contributed by atoms with Crippen LogP contribution in [0.5, 0.6) is 5.75 Å². The second kappa shape index (κ2) is 7.09. The van der Waals surface area contributed by atoms with E-state index >= 15 is 0 Å². The number of amides is 1. The summed E-state index contributed by atoms with van der Waals surface area (Å²) in [5.74, 6) is 1.95. The van der Waals surface area contributed by atoms with E-state index in [1.165, 1.54) is 0 Å². The number of hydrogen-bond acceptors (Lipinski definition) is 3. The lowest BCUT2D eigenvalue weighted by Gasteiger charge is -2.22. The Bertz CT molecular complexity index is 511. The van der Waals surface area contributed by atoms with E-state index in [0.717, 1.165) is 18.4 Å². The van der Waals surface area contributed by atoms with Crippen molar-refractivity contribution in [3.05, 3.63) is 28.8 Å². The molecule has 1 aliphatic rings. The second-order valence-electron chi connectivity index (χ2n) is 4.82. The summed E-state index contributed by atoms with van der Waals surface area (Å²) in [6, 6.07) is 5.37. The Balaban J connectivity index is 1.94. The minimum absolute atomic E-state index is 0.0525. The highest BCUT2D eigenvalue weighted by Crippen LogP contribution is 2.23. The van der Waals surface area contributed by atoms with Crippen molar-refractivity contribution < 1.29 is 13.7 Å². The molecule has 0 atom stereocenters. The van der Waals surface area contributed by atoms with Gasteiger partial charge in [0.1, 0.15) is 5.75 Å². The van der Waals surface area contributed by atoms with E-state index in [-0.39, 0.29) is 18.4 Å². The molecule has 0 unspecified atom stereocenters. The molecule has 0 spiro atoms. The zero-order valence-corrected chi connectivity index (χ0v) is 12.9. The van der Waals surface area contributed by atoms with Gasteiger partial charge in [-0.1, -0.05) is 11.6 Å². The molecule has 0 saturated carbocycles. The Morgan fingerprint density at radius 1 is 1.45 bits per heavy atom. The lowest BCUT2D eigenvalue weighted by atomic mass is 10.1. The fourth-order valence-electron chi connectivity index (χ4n) is 2.28. The van der Waals surface area contributed by atoms with E-state index < -0.39 is 10.8 Å². The fourth-order valence-corrected chi connectivity index (χ4v) is 3.77. The molecule has 0 aliphatic carbocycles. The van der Waals surface area contributed by atoms with Crippen molar-refractivity contribution in [2.45, 2.75) is 25.3 Å². The van der Waals surface area contributed by atoms with Gasteiger partial charge in [0.15, 0.2) is 0 Å². The molecule has 1 fully saturated rings. The van der Waals surface area contributed by atoms with Crippen LogP contribution in [0.25, 0.3) is 0 Å². The first-order valence-corrected chi connectivity index (χ1v) is 8.42. The predicted molar refractivity (Wildman–Crippen MR) is 80.7 cm³/mol. The molecule has 6 heteroatoms. The zero-order chi connectivity index (χ0) is 14.5. The van der Waals surface area contributed by atoms with Gasteiger partial charge >= 0.3 is 0 Å². The summed E-state index contributed by atoms with van der Waals surface area (Å²) >= 11 is 5.94. The Morgan fingerprint density at radius 2 is 2.15 bits per heavy atom. The van der Waals surface area contributed by atoms with Crippen LogP contribution < -0.4 is 10.1 Å². The molecule has 110 valence electrons. The fraction of sp³-hybridized carbons (Fsp3) is 0.500. The first-order chi connectivity index (χ1) is 9.58. The summed E-state index contributed by atoms with van der Waals surface area (Å²) in [6.07, 6.45) is 1.80. The zero-order valence-electron chi connectivity index (χ0n) is 11.4. The second-order valence-corrected chi connectivity index (χ2v) is 6.96. The highest BCUT2D eigenvalue weighted by Gasteiger charge is 2.20. The van der Waals surface area contributed by atoms with E-state index in [1.54, 1.807) is 25.3 Å². The summed E-state index contributed by atoms with van der Waals surface area (Å²) in [5.41, 5.74) is 0.775. The van der Waals surface area contributed by atoms with Gasteiger partial charge in [0.2, 0.25) is 5.91 Å². The van der Waals surface area contributed by atoms with Crippen LogP contribution in [0.2, 0.25) is 5.02 Å². The Kier molecular flexibility index (Phi) is 5.43. The first-order valence-electron chi connectivity index (χ1n) is 6.55. The number of benzene rings is 1. The summed E-state index contributed by atoms with van der Waals surface area (Å²) in [6.45, 7) is 0. The van der Waals surface area contributed by atoms with Crippen molar-refractivity contribution >= 4 is 28.3 Å². The maximum atomic E-state index is 12.1. The normalized spacial score (nSPS) is 22.3. The first kappa shape index (κ1) is 15.3. The predicted octanol–water partition coefficient (Wildman–Crippen LogP) is 1.92. The molecular formula is C14H18ClNO3S. The van der Waals surface area contributed by atoms with Gasteiger partial charge in [-0.15, -0.1) is 0 Å². The van der Waals surface area contributed by atoms with Gasteiger partial charge in [0.05, 0.1) is 13.5 Å². The number of methoxy groups -OCH3 is 1. The van der Waals surface area contributed by atoms with Crippen LogP contribution in [0.3, 0.4) is 0 Å². The smallest absolute Gasteiger partial charge is 0.224 e.